The van der Waals surface area contributed by atoms with Crippen LogP contribution in [0.3, 0.4) is 0 Å². The van der Waals surface area contributed by atoms with E-state index in [9.17, 15) is 9.59 Å². The minimum absolute atomic E-state index is 0.129. The van der Waals surface area contributed by atoms with Crippen LogP contribution in [0.2, 0.25) is 0 Å². The van der Waals surface area contributed by atoms with Crippen LogP contribution < -0.4 is 0 Å². The molecule has 2 aromatic carbocycles. The van der Waals surface area contributed by atoms with Gasteiger partial charge in [0.25, 0.3) is 0 Å². The van der Waals surface area contributed by atoms with Crippen molar-refractivity contribution in [2.75, 3.05) is 26.2 Å². The molecule has 2 aromatic rings. The predicted molar refractivity (Wildman–Crippen MR) is 106 cm³/mol. The summed E-state index contributed by atoms with van der Waals surface area (Å²) in [6, 6.07) is 19.4. The quantitative estimate of drug-likeness (QED) is 0.552. The Kier molecular flexibility index (Phi) is 6.40. The van der Waals surface area contributed by atoms with Crippen LogP contribution in [-0.4, -0.2) is 42.9 Å². The second-order valence-corrected chi connectivity index (χ2v) is 7.05. The maximum Gasteiger partial charge on any atom is 0.316 e. The Labute approximate surface area is 161 Å². The molecule has 0 spiro atoms. The van der Waals surface area contributed by atoms with Gasteiger partial charge in [-0.2, -0.15) is 0 Å². The van der Waals surface area contributed by atoms with Gasteiger partial charge in [-0.15, -0.1) is 0 Å². The van der Waals surface area contributed by atoms with E-state index in [1.165, 1.54) is 0 Å². The van der Waals surface area contributed by atoms with Crippen LogP contribution in [0, 0.1) is 0 Å². The van der Waals surface area contributed by atoms with Crippen molar-refractivity contribution in [3.05, 3.63) is 71.8 Å². The third-order valence-electron chi connectivity index (χ3n) is 5.45. The van der Waals surface area contributed by atoms with Gasteiger partial charge in [-0.25, -0.2) is 0 Å². The van der Waals surface area contributed by atoms with Gasteiger partial charge < -0.3 is 9.64 Å². The highest BCUT2D eigenvalue weighted by Crippen LogP contribution is 2.37. The lowest BCUT2D eigenvalue weighted by Gasteiger charge is -2.40. The molecule has 0 N–H and O–H groups in total. The molecular formula is C23H27NO3. The first-order chi connectivity index (χ1) is 13.2. The van der Waals surface area contributed by atoms with Crippen LogP contribution in [0.4, 0.5) is 0 Å². The molecule has 1 heterocycles. The van der Waals surface area contributed by atoms with Crippen molar-refractivity contribution in [3.63, 3.8) is 0 Å². The minimum Gasteiger partial charge on any atom is -0.465 e. The Morgan fingerprint density at radius 1 is 0.963 bits per heavy atom. The Bertz CT molecular complexity index is 750. The second-order valence-electron chi connectivity index (χ2n) is 7.05. The van der Waals surface area contributed by atoms with E-state index in [1.54, 1.807) is 0 Å². The summed E-state index contributed by atoms with van der Waals surface area (Å²) in [6.45, 7) is 4.54. The number of ketones is 1. The molecule has 27 heavy (non-hydrogen) atoms. The normalized spacial score (nSPS) is 16.6. The highest BCUT2D eigenvalue weighted by Gasteiger charge is 2.44. The highest BCUT2D eigenvalue weighted by molar-refractivity contribution is 5.96. The van der Waals surface area contributed by atoms with Crippen molar-refractivity contribution in [2.45, 2.75) is 31.6 Å². The smallest absolute Gasteiger partial charge is 0.316 e. The highest BCUT2D eigenvalue weighted by atomic mass is 16.5. The van der Waals surface area contributed by atoms with Crippen LogP contribution in [0.1, 0.15) is 42.1 Å². The number of piperidine rings is 1. The molecule has 1 aliphatic rings. The van der Waals surface area contributed by atoms with Crippen LogP contribution >= 0.6 is 0 Å². The van der Waals surface area contributed by atoms with Gasteiger partial charge >= 0.3 is 5.97 Å². The first-order valence-electron chi connectivity index (χ1n) is 9.69. The molecule has 3 rings (SSSR count). The molecule has 0 aromatic heterocycles. The number of ether oxygens (including phenoxy) is 1. The Balaban J connectivity index is 1.63. The lowest BCUT2D eigenvalue weighted by Crippen LogP contribution is -2.48. The predicted octanol–water partition coefficient (Wildman–Crippen LogP) is 3.86. The molecule has 1 fully saturated rings. The molecule has 1 aliphatic heterocycles. The summed E-state index contributed by atoms with van der Waals surface area (Å²) in [6.07, 6.45) is 1.94. The number of hydrogen-bond donors (Lipinski definition) is 0. The molecule has 1 saturated heterocycles. The molecule has 0 amide bonds. The minimum atomic E-state index is -0.572. The van der Waals surface area contributed by atoms with Gasteiger partial charge in [0, 0.05) is 18.5 Å². The summed E-state index contributed by atoms with van der Waals surface area (Å²) in [5, 5.41) is 0. The third-order valence-corrected chi connectivity index (χ3v) is 5.45. The summed E-state index contributed by atoms with van der Waals surface area (Å²) in [5.41, 5.74) is 1.22. The van der Waals surface area contributed by atoms with E-state index >= 15 is 0 Å². The number of rotatable bonds is 7. The van der Waals surface area contributed by atoms with E-state index in [1.807, 2.05) is 67.6 Å². The zero-order chi connectivity index (χ0) is 19.1. The van der Waals surface area contributed by atoms with Crippen LogP contribution in [0.25, 0.3) is 0 Å². The SMILES string of the molecule is CCOC(=O)C1(c2ccccc2)CCN(CCC(=O)c2ccccc2)CC1. The van der Waals surface area contributed by atoms with Crippen molar-refractivity contribution < 1.29 is 14.3 Å². The fraction of sp³-hybridized carbons (Fsp3) is 0.391. The van der Waals surface area contributed by atoms with Crippen molar-refractivity contribution in [1.82, 2.24) is 4.90 Å². The molecular weight excluding hydrogens is 338 g/mol. The van der Waals surface area contributed by atoms with Gasteiger partial charge in [-0.1, -0.05) is 60.7 Å². The Morgan fingerprint density at radius 2 is 1.56 bits per heavy atom. The maximum atomic E-state index is 12.8. The van der Waals surface area contributed by atoms with E-state index < -0.39 is 5.41 Å². The van der Waals surface area contributed by atoms with Crippen molar-refractivity contribution >= 4 is 11.8 Å². The third kappa shape index (κ3) is 4.45. The number of carbonyl (C=O) groups excluding carboxylic acids is 2. The van der Waals surface area contributed by atoms with Gasteiger partial charge in [0.2, 0.25) is 0 Å². The van der Waals surface area contributed by atoms with E-state index in [-0.39, 0.29) is 11.8 Å². The molecule has 0 aliphatic carbocycles. The standard InChI is InChI=1S/C23H27NO3/c1-2-27-22(26)23(20-11-7-4-8-12-20)14-17-24(18-15-23)16-13-21(25)19-9-5-3-6-10-19/h3-12H,2,13-18H2,1H3. The number of hydrogen-bond acceptors (Lipinski definition) is 4. The summed E-state index contributed by atoms with van der Waals surface area (Å²) in [7, 11) is 0. The molecule has 0 bridgehead atoms. The van der Waals surface area contributed by atoms with E-state index in [0.717, 1.165) is 43.6 Å². The maximum absolute atomic E-state index is 12.8. The topological polar surface area (TPSA) is 46.6 Å². The molecule has 4 nitrogen and oxygen atoms in total. The first-order valence-corrected chi connectivity index (χ1v) is 9.69. The van der Waals surface area contributed by atoms with Gasteiger partial charge in [0.05, 0.1) is 12.0 Å². The zero-order valence-corrected chi connectivity index (χ0v) is 15.9. The number of esters is 1. The molecule has 0 radical (unpaired) electrons. The largest absolute Gasteiger partial charge is 0.465 e. The number of nitrogens with zero attached hydrogens (tertiary/aromatic N) is 1. The van der Waals surface area contributed by atoms with E-state index in [2.05, 4.69) is 4.90 Å². The molecule has 0 unspecified atom stereocenters. The van der Waals surface area contributed by atoms with Crippen LogP contribution in [-0.2, 0) is 14.9 Å². The van der Waals surface area contributed by atoms with Gasteiger partial charge in [-0.3, -0.25) is 9.59 Å². The fourth-order valence-corrected chi connectivity index (χ4v) is 3.82. The molecule has 0 saturated carbocycles. The Morgan fingerprint density at radius 3 is 2.15 bits per heavy atom. The number of likely N-dealkylation sites (tertiary alicyclic amines) is 1. The van der Waals surface area contributed by atoms with E-state index in [4.69, 9.17) is 4.74 Å². The van der Waals surface area contributed by atoms with Crippen molar-refractivity contribution in [3.8, 4) is 0 Å². The lowest BCUT2D eigenvalue weighted by molar-refractivity contribution is -0.152. The average molecular weight is 365 g/mol. The monoisotopic (exact) mass is 365 g/mol. The number of benzene rings is 2. The molecule has 142 valence electrons. The fourth-order valence-electron chi connectivity index (χ4n) is 3.82. The van der Waals surface area contributed by atoms with Gasteiger partial charge in [0.15, 0.2) is 5.78 Å². The van der Waals surface area contributed by atoms with Crippen LogP contribution in [0.5, 0.6) is 0 Å². The summed E-state index contributed by atoms with van der Waals surface area (Å²) in [5.74, 6) is 0.0390. The van der Waals surface area contributed by atoms with E-state index in [0.29, 0.717) is 13.0 Å². The lowest BCUT2D eigenvalue weighted by atomic mass is 9.72. The van der Waals surface area contributed by atoms with Gasteiger partial charge in [0.1, 0.15) is 0 Å². The zero-order valence-electron chi connectivity index (χ0n) is 15.9. The second kappa shape index (κ2) is 8.96. The van der Waals surface area contributed by atoms with Crippen molar-refractivity contribution in [2.24, 2.45) is 0 Å². The van der Waals surface area contributed by atoms with Gasteiger partial charge in [-0.05, 0) is 38.4 Å². The number of Topliss-reactive ketones (excluding diaryl/α,β-unsaturated/α-hetero) is 1. The van der Waals surface area contributed by atoms with Crippen molar-refractivity contribution in [1.29, 1.82) is 0 Å². The average Bonchev–Trinajstić information content (AvgIpc) is 2.74. The summed E-state index contributed by atoms with van der Waals surface area (Å²) in [4.78, 5) is 27.4. The molecule has 0 atom stereocenters. The number of carbonyl (C=O) groups is 2. The summed E-state index contributed by atoms with van der Waals surface area (Å²) < 4.78 is 5.42. The molecule has 4 heteroatoms. The summed E-state index contributed by atoms with van der Waals surface area (Å²) >= 11 is 0. The first kappa shape index (κ1) is 19.3. The van der Waals surface area contributed by atoms with Crippen LogP contribution in [0.15, 0.2) is 60.7 Å². The Hall–Kier alpha value is -2.46.